The molecule has 3 saturated heterocycles. The molecule has 2 N–H and O–H groups in total. The van der Waals surface area contributed by atoms with Crippen LogP contribution in [-0.2, 0) is 22.4 Å². The predicted molar refractivity (Wildman–Crippen MR) is 119 cm³/mol. The van der Waals surface area contributed by atoms with Gasteiger partial charge in [-0.25, -0.2) is 0 Å². The lowest BCUT2D eigenvalue weighted by atomic mass is 10.0. The monoisotopic (exact) mass is 408 g/mol. The van der Waals surface area contributed by atoms with E-state index in [1.54, 1.807) is 0 Å². The number of aryl methyl sites for hydroxylation is 2. The average molecular weight is 409 g/mol. The molecule has 5 rings (SSSR count). The minimum Gasteiger partial charge on any atom is -0.399 e. The van der Waals surface area contributed by atoms with Gasteiger partial charge in [0.1, 0.15) is 11.4 Å². The fraction of sp³-hybridized carbons (Fsp3) is 0.500. The zero-order valence-corrected chi connectivity index (χ0v) is 18.1. The van der Waals surface area contributed by atoms with Crippen molar-refractivity contribution in [2.75, 3.05) is 45.0 Å². The Morgan fingerprint density at radius 1 is 0.767 bits per heavy atom. The van der Waals surface area contributed by atoms with Crippen molar-refractivity contribution in [2.24, 2.45) is 0 Å². The second kappa shape index (κ2) is 8.54. The third kappa shape index (κ3) is 4.69. The second-order valence-corrected chi connectivity index (χ2v) is 8.46. The maximum Gasteiger partial charge on any atom is 0.227 e. The van der Waals surface area contributed by atoms with E-state index < -0.39 is 0 Å². The van der Waals surface area contributed by atoms with E-state index in [1.165, 1.54) is 30.0 Å². The summed E-state index contributed by atoms with van der Waals surface area (Å²) in [7, 11) is 0. The quantitative estimate of drug-likeness (QED) is 0.424. The number of nitrogens with two attached hydrogens (primary N) is 1. The van der Waals surface area contributed by atoms with E-state index in [0.29, 0.717) is 17.1 Å². The predicted octanol–water partition coefficient (Wildman–Crippen LogP) is 2.35. The van der Waals surface area contributed by atoms with Crippen LogP contribution in [0.4, 0.5) is 5.69 Å². The number of rotatable bonds is 7. The molecule has 1 aliphatic carbocycles. The summed E-state index contributed by atoms with van der Waals surface area (Å²) in [6.45, 7) is 9.80. The molecule has 0 radical (unpaired) electrons. The summed E-state index contributed by atoms with van der Waals surface area (Å²) in [5.41, 5.74) is 11.4. The van der Waals surface area contributed by atoms with E-state index >= 15 is 0 Å². The lowest BCUT2D eigenvalue weighted by molar-refractivity contribution is -0.117. The molecule has 3 heterocycles. The van der Waals surface area contributed by atoms with E-state index in [4.69, 9.17) is 5.73 Å². The number of benzene rings is 1. The van der Waals surface area contributed by atoms with Crippen molar-refractivity contribution in [3.05, 3.63) is 52.5 Å². The van der Waals surface area contributed by atoms with E-state index in [0.717, 1.165) is 57.8 Å². The van der Waals surface area contributed by atoms with Gasteiger partial charge in [0.05, 0.1) is 5.70 Å². The van der Waals surface area contributed by atoms with Gasteiger partial charge in [-0.1, -0.05) is 32.8 Å². The van der Waals surface area contributed by atoms with Crippen LogP contribution in [0.5, 0.6) is 0 Å². The van der Waals surface area contributed by atoms with E-state index in [-0.39, 0.29) is 11.6 Å². The molecule has 0 unspecified atom stereocenters. The first kappa shape index (κ1) is 20.5. The zero-order chi connectivity index (χ0) is 21.3. The van der Waals surface area contributed by atoms with Crippen molar-refractivity contribution >= 4 is 17.3 Å². The Hall–Kier alpha value is -2.76. The molecule has 0 spiro atoms. The Labute approximate surface area is 179 Å². The van der Waals surface area contributed by atoms with Crippen LogP contribution in [0.2, 0.25) is 0 Å². The van der Waals surface area contributed by atoms with Crippen LogP contribution in [0, 0.1) is 0 Å². The molecule has 0 atom stereocenters. The average Bonchev–Trinajstić information content (AvgIpc) is 3.55. The lowest BCUT2D eigenvalue weighted by Crippen LogP contribution is -2.29. The molecule has 30 heavy (non-hydrogen) atoms. The first-order chi connectivity index (χ1) is 14.5. The highest BCUT2D eigenvalue weighted by Crippen LogP contribution is 2.33. The van der Waals surface area contributed by atoms with Gasteiger partial charge in [-0.2, -0.15) is 0 Å². The molecule has 1 aromatic carbocycles. The highest BCUT2D eigenvalue weighted by Gasteiger charge is 2.43. The number of anilines is 1. The Balaban J connectivity index is 0.000000152. The molecular weight excluding hydrogens is 376 g/mol. The molecule has 6 nitrogen and oxygen atoms in total. The number of carbonyl (C=O) groups is 2. The van der Waals surface area contributed by atoms with Gasteiger partial charge in [0.25, 0.3) is 0 Å². The van der Waals surface area contributed by atoms with Crippen molar-refractivity contribution in [1.29, 1.82) is 0 Å². The fourth-order valence-electron chi connectivity index (χ4n) is 3.93. The maximum atomic E-state index is 12.4. The number of Topliss-reactive ketones (excluding diaryl/α,β-unsaturated/α-hetero) is 1. The molecule has 1 aromatic rings. The summed E-state index contributed by atoms with van der Waals surface area (Å²) < 4.78 is 0. The maximum absolute atomic E-state index is 12.4. The van der Waals surface area contributed by atoms with Crippen molar-refractivity contribution < 1.29 is 9.59 Å². The summed E-state index contributed by atoms with van der Waals surface area (Å²) in [5, 5.41) is 0. The summed E-state index contributed by atoms with van der Waals surface area (Å²) in [6, 6.07) is 6.45. The molecule has 0 bridgehead atoms. The van der Waals surface area contributed by atoms with Crippen LogP contribution >= 0.6 is 0 Å². The van der Waals surface area contributed by atoms with Crippen LogP contribution < -0.4 is 5.73 Å². The minimum atomic E-state index is 0.00546. The molecule has 0 amide bonds. The van der Waals surface area contributed by atoms with Gasteiger partial charge in [0, 0.05) is 51.0 Å². The van der Waals surface area contributed by atoms with Crippen molar-refractivity contribution in [1.82, 2.24) is 14.7 Å². The van der Waals surface area contributed by atoms with Crippen LogP contribution in [0.15, 0.2) is 41.4 Å². The van der Waals surface area contributed by atoms with Crippen LogP contribution in [0.3, 0.4) is 0 Å². The van der Waals surface area contributed by atoms with Crippen LogP contribution in [0.25, 0.3) is 0 Å². The van der Waals surface area contributed by atoms with Gasteiger partial charge in [-0.05, 0) is 36.1 Å². The van der Waals surface area contributed by atoms with Crippen LogP contribution in [-0.4, -0.2) is 65.5 Å². The SMILES string of the molecule is CCCc1cc(N)cc(CCC)c1.O=C1C=C(N2CC2)C(=O)C(N2CC2)=C1N1CC1. The lowest BCUT2D eigenvalue weighted by Gasteiger charge is -2.21. The highest BCUT2D eigenvalue weighted by molar-refractivity contribution is 6.22. The first-order valence-corrected chi connectivity index (χ1v) is 11.2. The zero-order valence-electron chi connectivity index (χ0n) is 18.1. The molecule has 160 valence electrons. The molecule has 6 heteroatoms. The summed E-state index contributed by atoms with van der Waals surface area (Å²) in [4.78, 5) is 30.5. The van der Waals surface area contributed by atoms with Gasteiger partial charge < -0.3 is 20.4 Å². The Kier molecular flexibility index (Phi) is 5.84. The summed E-state index contributed by atoms with van der Waals surface area (Å²) in [6.07, 6.45) is 6.18. The third-order valence-electron chi connectivity index (χ3n) is 5.64. The molecule has 0 saturated carbocycles. The van der Waals surface area contributed by atoms with E-state index in [1.807, 2.05) is 14.7 Å². The first-order valence-electron chi connectivity index (χ1n) is 11.2. The van der Waals surface area contributed by atoms with Gasteiger partial charge in [0.2, 0.25) is 11.6 Å². The van der Waals surface area contributed by atoms with E-state index in [9.17, 15) is 9.59 Å². The summed E-state index contributed by atoms with van der Waals surface area (Å²) >= 11 is 0. The number of hydrogen-bond acceptors (Lipinski definition) is 6. The van der Waals surface area contributed by atoms with Gasteiger partial charge in [0.15, 0.2) is 0 Å². The van der Waals surface area contributed by atoms with Crippen molar-refractivity contribution in [2.45, 2.75) is 39.5 Å². The number of ketones is 2. The summed E-state index contributed by atoms with van der Waals surface area (Å²) in [5.74, 6) is 0.0485. The van der Waals surface area contributed by atoms with Crippen LogP contribution in [0.1, 0.15) is 37.8 Å². The van der Waals surface area contributed by atoms with E-state index in [2.05, 4.69) is 32.0 Å². The number of nitrogens with zero attached hydrogens (tertiary/aromatic N) is 3. The van der Waals surface area contributed by atoms with Gasteiger partial charge in [-0.15, -0.1) is 0 Å². The highest BCUT2D eigenvalue weighted by atomic mass is 16.1. The smallest absolute Gasteiger partial charge is 0.227 e. The minimum absolute atomic E-state index is 0.00546. The molecule has 3 fully saturated rings. The van der Waals surface area contributed by atoms with Crippen molar-refractivity contribution in [3.8, 4) is 0 Å². The number of allylic oxidation sites excluding steroid dienone is 1. The Morgan fingerprint density at radius 2 is 1.27 bits per heavy atom. The normalized spacial score (nSPS) is 19.5. The second-order valence-electron chi connectivity index (χ2n) is 8.46. The molecule has 0 aromatic heterocycles. The topological polar surface area (TPSA) is 69.2 Å². The number of hydrogen-bond donors (Lipinski definition) is 1. The third-order valence-corrected chi connectivity index (χ3v) is 5.64. The van der Waals surface area contributed by atoms with Crippen molar-refractivity contribution in [3.63, 3.8) is 0 Å². The van der Waals surface area contributed by atoms with Gasteiger partial charge in [-0.3, -0.25) is 9.59 Å². The molecule has 3 aliphatic heterocycles. The number of nitrogen functional groups attached to an aromatic ring is 1. The fourth-order valence-corrected chi connectivity index (χ4v) is 3.93. The Morgan fingerprint density at radius 3 is 1.73 bits per heavy atom. The number of carbonyl (C=O) groups excluding carboxylic acids is 2. The Bertz CT molecular complexity index is 882. The molecule has 4 aliphatic rings. The largest absolute Gasteiger partial charge is 0.399 e. The molecular formula is C24H32N4O2. The standard InChI is InChI=1S/C12H13N3O2.C12H19N/c16-9-7-8(13-1-2-13)12(17)11(15-5-6-15)10(9)14-3-4-14;1-3-5-10-7-11(6-4-2)9-12(13)8-10/h7H,1-6H2;7-9H,3-6,13H2,1-2H3. The van der Waals surface area contributed by atoms with Gasteiger partial charge >= 0.3 is 0 Å².